The van der Waals surface area contributed by atoms with Crippen LogP contribution in [0.5, 0.6) is 0 Å². The Labute approximate surface area is 98.4 Å². The summed E-state index contributed by atoms with van der Waals surface area (Å²) in [5, 5.41) is 0. The van der Waals surface area contributed by atoms with Gasteiger partial charge >= 0.3 is 0 Å². The summed E-state index contributed by atoms with van der Waals surface area (Å²) in [6.07, 6.45) is 6.77. The highest BCUT2D eigenvalue weighted by molar-refractivity contribution is 5.84. The molecule has 2 aliphatic rings. The molecule has 0 aromatic heterocycles. The summed E-state index contributed by atoms with van der Waals surface area (Å²) >= 11 is 0. The molecule has 1 atom stereocenters. The van der Waals surface area contributed by atoms with Crippen molar-refractivity contribution in [3.63, 3.8) is 0 Å². The number of nitrogens with two attached hydrogens (primary N) is 1. The summed E-state index contributed by atoms with van der Waals surface area (Å²) < 4.78 is 0. The number of amides is 1. The lowest BCUT2D eigenvalue weighted by molar-refractivity contribution is -0.146. The summed E-state index contributed by atoms with van der Waals surface area (Å²) in [4.78, 5) is 14.5. The van der Waals surface area contributed by atoms with Gasteiger partial charge < -0.3 is 10.6 Å². The second kappa shape index (κ2) is 4.74. The van der Waals surface area contributed by atoms with E-state index in [1.165, 1.54) is 12.8 Å². The van der Waals surface area contributed by atoms with Crippen LogP contribution in [0, 0.1) is 11.3 Å². The van der Waals surface area contributed by atoms with E-state index in [4.69, 9.17) is 5.73 Å². The molecule has 2 N–H and O–H groups in total. The zero-order valence-electron chi connectivity index (χ0n) is 10.4. The number of rotatable bonds is 2. The first-order valence-corrected chi connectivity index (χ1v) is 6.67. The van der Waals surface area contributed by atoms with Crippen molar-refractivity contribution in [2.45, 2.75) is 45.4 Å². The molecule has 1 unspecified atom stereocenters. The van der Waals surface area contributed by atoms with Gasteiger partial charge in [0.1, 0.15) is 0 Å². The standard InChI is InChI=1S/C13H24N2O/c1-11-4-2-8-15(9-5-11)12(16)13(10-14)6-3-7-13/h11H,2-10,14H2,1H3. The van der Waals surface area contributed by atoms with Crippen LogP contribution >= 0.6 is 0 Å². The van der Waals surface area contributed by atoms with E-state index in [1.54, 1.807) is 0 Å². The molecular weight excluding hydrogens is 200 g/mol. The van der Waals surface area contributed by atoms with Gasteiger partial charge in [-0.25, -0.2) is 0 Å². The number of hydrogen-bond donors (Lipinski definition) is 1. The van der Waals surface area contributed by atoms with E-state index < -0.39 is 0 Å². The van der Waals surface area contributed by atoms with Gasteiger partial charge in [0, 0.05) is 19.6 Å². The molecular formula is C13H24N2O. The maximum Gasteiger partial charge on any atom is 0.230 e. The third-order valence-corrected chi connectivity index (χ3v) is 4.46. The molecule has 0 bridgehead atoms. The van der Waals surface area contributed by atoms with Crippen LogP contribution in [0.3, 0.4) is 0 Å². The van der Waals surface area contributed by atoms with Gasteiger partial charge in [-0.05, 0) is 38.0 Å². The van der Waals surface area contributed by atoms with E-state index in [1.807, 2.05) is 0 Å². The van der Waals surface area contributed by atoms with Gasteiger partial charge in [0.2, 0.25) is 5.91 Å². The molecule has 1 saturated carbocycles. The number of hydrogen-bond acceptors (Lipinski definition) is 2. The Bertz CT molecular complexity index is 255. The lowest BCUT2D eigenvalue weighted by Crippen LogP contribution is -2.52. The van der Waals surface area contributed by atoms with Gasteiger partial charge in [0.05, 0.1) is 5.41 Å². The SMILES string of the molecule is CC1CCCN(C(=O)C2(CN)CCC2)CC1. The summed E-state index contributed by atoms with van der Waals surface area (Å²) in [6.45, 7) is 4.72. The fourth-order valence-corrected chi connectivity index (χ4v) is 2.91. The van der Waals surface area contributed by atoms with Crippen molar-refractivity contribution in [2.75, 3.05) is 19.6 Å². The molecule has 2 fully saturated rings. The molecule has 1 aliphatic heterocycles. The predicted molar refractivity (Wildman–Crippen MR) is 64.9 cm³/mol. The second-order valence-electron chi connectivity index (χ2n) is 5.67. The van der Waals surface area contributed by atoms with Crippen molar-refractivity contribution in [3.8, 4) is 0 Å². The maximum absolute atomic E-state index is 12.4. The first-order valence-electron chi connectivity index (χ1n) is 6.67. The second-order valence-corrected chi connectivity index (χ2v) is 5.67. The fourth-order valence-electron chi connectivity index (χ4n) is 2.91. The van der Waals surface area contributed by atoms with Crippen molar-refractivity contribution >= 4 is 5.91 Å². The van der Waals surface area contributed by atoms with Crippen molar-refractivity contribution in [3.05, 3.63) is 0 Å². The van der Waals surface area contributed by atoms with Gasteiger partial charge in [0.15, 0.2) is 0 Å². The van der Waals surface area contributed by atoms with Gasteiger partial charge in [-0.15, -0.1) is 0 Å². The van der Waals surface area contributed by atoms with E-state index in [-0.39, 0.29) is 5.41 Å². The molecule has 92 valence electrons. The third kappa shape index (κ3) is 2.10. The van der Waals surface area contributed by atoms with Crippen molar-refractivity contribution in [2.24, 2.45) is 17.1 Å². The van der Waals surface area contributed by atoms with Crippen LogP contribution in [0.25, 0.3) is 0 Å². The molecule has 1 aliphatic carbocycles. The Morgan fingerprint density at radius 2 is 2.06 bits per heavy atom. The topological polar surface area (TPSA) is 46.3 Å². The smallest absolute Gasteiger partial charge is 0.230 e. The predicted octanol–water partition coefficient (Wildman–Crippen LogP) is 1.76. The van der Waals surface area contributed by atoms with E-state index in [2.05, 4.69) is 11.8 Å². The molecule has 0 aromatic rings. The Kier molecular flexibility index (Phi) is 3.53. The third-order valence-electron chi connectivity index (χ3n) is 4.46. The maximum atomic E-state index is 12.4. The number of likely N-dealkylation sites (tertiary alicyclic amines) is 1. The number of carbonyl (C=O) groups excluding carboxylic acids is 1. The Balaban J connectivity index is 1.98. The van der Waals surface area contributed by atoms with Crippen LogP contribution < -0.4 is 5.73 Å². The highest BCUT2D eigenvalue weighted by Crippen LogP contribution is 2.41. The van der Waals surface area contributed by atoms with Gasteiger partial charge in [-0.1, -0.05) is 13.3 Å². The van der Waals surface area contributed by atoms with Crippen molar-refractivity contribution in [1.82, 2.24) is 4.90 Å². The molecule has 3 heteroatoms. The van der Waals surface area contributed by atoms with E-state index in [0.29, 0.717) is 12.5 Å². The average Bonchev–Trinajstić information content (AvgIpc) is 2.42. The summed E-state index contributed by atoms with van der Waals surface area (Å²) in [6, 6.07) is 0. The van der Waals surface area contributed by atoms with Crippen molar-refractivity contribution in [1.29, 1.82) is 0 Å². The molecule has 0 radical (unpaired) electrons. The van der Waals surface area contributed by atoms with E-state index in [9.17, 15) is 4.79 Å². The first-order chi connectivity index (χ1) is 7.68. The number of nitrogens with zero attached hydrogens (tertiary/aromatic N) is 1. The van der Waals surface area contributed by atoms with Gasteiger partial charge in [-0.3, -0.25) is 4.79 Å². The molecule has 0 spiro atoms. The summed E-state index contributed by atoms with van der Waals surface area (Å²) in [5.41, 5.74) is 5.62. The molecule has 0 aromatic carbocycles. The Hall–Kier alpha value is -0.570. The molecule has 1 amide bonds. The van der Waals surface area contributed by atoms with Crippen LogP contribution in [-0.2, 0) is 4.79 Å². The van der Waals surface area contributed by atoms with E-state index in [0.717, 1.165) is 44.7 Å². The van der Waals surface area contributed by atoms with E-state index >= 15 is 0 Å². The fraction of sp³-hybridized carbons (Fsp3) is 0.923. The Morgan fingerprint density at radius 3 is 2.62 bits per heavy atom. The summed E-state index contributed by atoms with van der Waals surface area (Å²) in [5.74, 6) is 1.11. The summed E-state index contributed by atoms with van der Waals surface area (Å²) in [7, 11) is 0. The van der Waals surface area contributed by atoms with Gasteiger partial charge in [0.25, 0.3) is 0 Å². The minimum absolute atomic E-state index is 0.173. The lowest BCUT2D eigenvalue weighted by Gasteiger charge is -2.42. The lowest BCUT2D eigenvalue weighted by atomic mass is 9.68. The van der Waals surface area contributed by atoms with Gasteiger partial charge in [-0.2, -0.15) is 0 Å². The number of carbonyl (C=O) groups is 1. The highest BCUT2D eigenvalue weighted by Gasteiger charge is 2.45. The molecule has 1 heterocycles. The minimum atomic E-state index is -0.173. The van der Waals surface area contributed by atoms with Crippen molar-refractivity contribution < 1.29 is 4.79 Å². The first kappa shape index (κ1) is 11.9. The van der Waals surface area contributed by atoms with Crippen LogP contribution in [0.1, 0.15) is 45.4 Å². The molecule has 16 heavy (non-hydrogen) atoms. The molecule has 1 saturated heterocycles. The largest absolute Gasteiger partial charge is 0.342 e. The zero-order valence-corrected chi connectivity index (χ0v) is 10.4. The van der Waals surface area contributed by atoms with Crippen LogP contribution in [0.15, 0.2) is 0 Å². The zero-order chi connectivity index (χ0) is 11.6. The average molecular weight is 224 g/mol. The van der Waals surface area contributed by atoms with Crippen LogP contribution in [0.2, 0.25) is 0 Å². The monoisotopic (exact) mass is 224 g/mol. The quantitative estimate of drug-likeness (QED) is 0.777. The minimum Gasteiger partial charge on any atom is -0.342 e. The normalized spacial score (nSPS) is 29.4. The molecule has 3 nitrogen and oxygen atoms in total. The molecule has 2 rings (SSSR count). The highest BCUT2D eigenvalue weighted by atomic mass is 16.2. The van der Waals surface area contributed by atoms with Crippen LogP contribution in [-0.4, -0.2) is 30.4 Å². The Morgan fingerprint density at radius 1 is 1.31 bits per heavy atom. The van der Waals surface area contributed by atoms with Crippen LogP contribution in [0.4, 0.5) is 0 Å².